The summed E-state index contributed by atoms with van der Waals surface area (Å²) in [7, 11) is 0. The van der Waals surface area contributed by atoms with Crippen LogP contribution in [0, 0.1) is 0 Å². The van der Waals surface area contributed by atoms with Gasteiger partial charge >= 0.3 is 17.9 Å². The van der Waals surface area contributed by atoms with E-state index in [1.54, 1.807) is 66.7 Å². The molecule has 3 saturated heterocycles. The molecule has 0 aromatic heterocycles. The van der Waals surface area contributed by atoms with Crippen LogP contribution in [0.1, 0.15) is 28.4 Å². The lowest BCUT2D eigenvalue weighted by Gasteiger charge is -2.46. The van der Waals surface area contributed by atoms with Crippen molar-refractivity contribution in [3.63, 3.8) is 0 Å². The Labute approximate surface area is 286 Å². The number of carbonyl (C=O) groups excluding carboxylic acids is 3. The van der Waals surface area contributed by atoms with Gasteiger partial charge < -0.3 is 43.0 Å². The van der Waals surface area contributed by atoms with Crippen LogP contribution >= 0.6 is 0 Å². The highest BCUT2D eigenvalue weighted by molar-refractivity contribution is 5.89. The van der Waals surface area contributed by atoms with E-state index in [0.717, 1.165) is 5.56 Å². The molecular weight excluding hydrogens is 654 g/mol. The monoisotopic (exact) mass is 689 g/mol. The fourth-order valence-electron chi connectivity index (χ4n) is 5.97. The summed E-state index contributed by atoms with van der Waals surface area (Å²) in [6, 6.07) is 24.9. The highest BCUT2D eigenvalue weighted by Gasteiger charge is 2.58. The second-order valence-electron chi connectivity index (χ2n) is 11.8. The lowest BCUT2D eigenvalue weighted by atomic mass is 9.96. The summed E-state index contributed by atoms with van der Waals surface area (Å²) in [6.07, 6.45) is -12.3. The van der Waals surface area contributed by atoms with Crippen molar-refractivity contribution >= 4 is 17.9 Å². The third kappa shape index (κ3) is 8.12. The number of carbonyl (C=O) groups is 3. The van der Waals surface area contributed by atoms with Gasteiger partial charge in [0.25, 0.3) is 0 Å². The number of aliphatic hydroxyl groups excluding tert-OH is 1. The van der Waals surface area contributed by atoms with Crippen molar-refractivity contribution in [2.75, 3.05) is 6.61 Å². The van der Waals surface area contributed by atoms with Crippen LogP contribution in [-0.4, -0.2) is 91.0 Å². The summed E-state index contributed by atoms with van der Waals surface area (Å²) in [6.45, 7) is 0.955. The Morgan fingerprint density at radius 1 is 0.840 bits per heavy atom. The molecule has 0 amide bonds. The first-order valence-corrected chi connectivity index (χ1v) is 15.9. The molecule has 3 aliphatic heterocycles. The first-order valence-electron chi connectivity index (χ1n) is 15.9. The zero-order valence-electron chi connectivity index (χ0n) is 26.8. The Hall–Kier alpha value is -4.86. The van der Waals surface area contributed by atoms with Gasteiger partial charge in [-0.25, -0.2) is 9.59 Å². The summed E-state index contributed by atoms with van der Waals surface area (Å²) >= 11 is 0. The maximum absolute atomic E-state index is 13.6. The van der Waals surface area contributed by atoms with E-state index in [9.17, 15) is 25.0 Å². The Balaban J connectivity index is 1.35. The number of fused-ring (bicyclic) bond motifs is 2. The molecule has 10 atom stereocenters. The predicted octanol–water partition coefficient (Wildman–Crippen LogP) is 3.38. The van der Waals surface area contributed by atoms with Gasteiger partial charge in [-0.05, 0) is 28.8 Å². The van der Waals surface area contributed by atoms with Crippen molar-refractivity contribution in [3.8, 4) is 0 Å². The van der Waals surface area contributed by atoms with E-state index in [4.69, 9.17) is 37.9 Å². The third-order valence-corrected chi connectivity index (χ3v) is 8.33. The molecule has 0 unspecified atom stereocenters. The zero-order chi connectivity index (χ0) is 35.0. The van der Waals surface area contributed by atoms with E-state index in [1.165, 1.54) is 19.1 Å². The molecule has 50 heavy (non-hydrogen) atoms. The third-order valence-electron chi connectivity index (χ3n) is 8.33. The fraction of sp³-hybridized carbons (Fsp3) is 0.400. The molecule has 3 aliphatic rings. The molecule has 2 bridgehead atoms. The first-order chi connectivity index (χ1) is 24.3. The van der Waals surface area contributed by atoms with Gasteiger partial charge in [0.15, 0.2) is 24.8 Å². The van der Waals surface area contributed by atoms with Gasteiger partial charge in [-0.2, -0.15) is 0 Å². The topological polar surface area (TPSA) is 194 Å². The van der Waals surface area contributed by atoms with Crippen LogP contribution in [0.5, 0.6) is 0 Å². The zero-order valence-corrected chi connectivity index (χ0v) is 26.8. The second kappa shape index (κ2) is 16.2. The van der Waals surface area contributed by atoms with E-state index in [0.29, 0.717) is 5.56 Å². The molecule has 0 spiro atoms. The molecule has 6 rings (SSSR count). The van der Waals surface area contributed by atoms with Gasteiger partial charge in [-0.1, -0.05) is 84.0 Å². The fourth-order valence-corrected chi connectivity index (χ4v) is 5.97. The van der Waals surface area contributed by atoms with Gasteiger partial charge in [0.05, 0.1) is 18.8 Å². The maximum atomic E-state index is 13.6. The Morgan fingerprint density at radius 2 is 1.48 bits per heavy atom. The lowest BCUT2D eigenvalue weighted by Crippen LogP contribution is -2.65. The molecule has 15 nitrogen and oxygen atoms in total. The predicted molar refractivity (Wildman–Crippen MR) is 170 cm³/mol. The van der Waals surface area contributed by atoms with Crippen LogP contribution in [0.25, 0.3) is 10.4 Å². The van der Waals surface area contributed by atoms with Gasteiger partial charge in [0, 0.05) is 11.8 Å². The Bertz CT molecular complexity index is 1660. The Kier molecular flexibility index (Phi) is 11.4. The van der Waals surface area contributed by atoms with E-state index in [-0.39, 0.29) is 25.4 Å². The minimum Gasteiger partial charge on any atom is -0.459 e. The molecule has 3 aromatic carbocycles. The number of hydrogen-bond acceptors (Lipinski definition) is 13. The molecular formula is C35H35N3O12. The standard InChI is InChI=1S/C35H35N3O12/c1-20(39)46-28-25(37-38-36)34-45-19-24(47-34)27(28)49-35-31(48-32(41)23-15-9-4-10-16-23)29(43-17-21-11-5-2-6-12-21)26(40)30(50-35)33(42)44-18-22-13-7-3-8-14-22/h2-16,24-31,34-35,40H,17-19H2,1H3/t24-,25-,26+,27-,28-,29+,30+,31-,34-,35-/m1/s1. The summed E-state index contributed by atoms with van der Waals surface area (Å²) in [5.41, 5.74) is 10.9. The van der Waals surface area contributed by atoms with Gasteiger partial charge in [0.1, 0.15) is 43.2 Å². The summed E-state index contributed by atoms with van der Waals surface area (Å²) in [5, 5.41) is 15.4. The molecule has 262 valence electrons. The van der Waals surface area contributed by atoms with Crippen molar-refractivity contribution in [2.45, 2.75) is 81.5 Å². The van der Waals surface area contributed by atoms with Crippen LogP contribution in [0.3, 0.4) is 0 Å². The van der Waals surface area contributed by atoms with Gasteiger partial charge in [-0.15, -0.1) is 0 Å². The molecule has 3 aromatic rings. The SMILES string of the molecule is CC(=O)O[C@@H]1[C@@H](N=[N+]=[N-])[C@@H]2OC[C@@H](O2)[C@H]1O[C@@H]1O[C@H](C(=O)OCc2ccccc2)[C@@H](O)[C@H](OCc2ccccc2)[C@H]1OC(=O)c1ccccc1. The number of azide groups is 1. The van der Waals surface area contributed by atoms with E-state index in [1.807, 2.05) is 12.1 Å². The number of rotatable bonds is 12. The average molecular weight is 690 g/mol. The van der Waals surface area contributed by atoms with E-state index < -0.39 is 79.3 Å². The number of aliphatic hydroxyl groups is 1. The smallest absolute Gasteiger partial charge is 0.338 e. The summed E-state index contributed by atoms with van der Waals surface area (Å²) in [5.74, 6) is -2.45. The van der Waals surface area contributed by atoms with Gasteiger partial charge in [0.2, 0.25) is 0 Å². The quantitative estimate of drug-likeness (QED) is 0.0959. The highest BCUT2D eigenvalue weighted by atomic mass is 16.8. The molecule has 3 heterocycles. The molecule has 0 radical (unpaired) electrons. The Morgan fingerprint density at radius 3 is 2.12 bits per heavy atom. The number of ether oxygens (including phenoxy) is 8. The molecule has 0 saturated carbocycles. The maximum Gasteiger partial charge on any atom is 0.338 e. The minimum absolute atomic E-state index is 0.0369. The number of hydrogen-bond donors (Lipinski definition) is 1. The van der Waals surface area contributed by atoms with Crippen molar-refractivity contribution in [1.29, 1.82) is 0 Å². The minimum atomic E-state index is -1.71. The first kappa shape index (κ1) is 35.0. The van der Waals surface area contributed by atoms with E-state index >= 15 is 0 Å². The summed E-state index contributed by atoms with van der Waals surface area (Å²) < 4.78 is 47.3. The molecule has 3 fully saturated rings. The van der Waals surface area contributed by atoms with Crippen LogP contribution < -0.4 is 0 Å². The largest absolute Gasteiger partial charge is 0.459 e. The normalized spacial score (nSPS) is 30.0. The number of nitrogens with zero attached hydrogens (tertiary/aromatic N) is 3. The lowest BCUT2D eigenvalue weighted by molar-refractivity contribution is -0.330. The van der Waals surface area contributed by atoms with E-state index in [2.05, 4.69) is 10.0 Å². The molecule has 1 N–H and O–H groups in total. The van der Waals surface area contributed by atoms with Crippen molar-refractivity contribution in [1.82, 2.24) is 0 Å². The molecule has 0 aliphatic carbocycles. The summed E-state index contributed by atoms with van der Waals surface area (Å²) in [4.78, 5) is 42.2. The number of esters is 3. The second-order valence-corrected chi connectivity index (χ2v) is 11.8. The average Bonchev–Trinajstić information content (AvgIpc) is 3.58. The van der Waals surface area contributed by atoms with Crippen molar-refractivity contribution in [2.24, 2.45) is 5.11 Å². The van der Waals surface area contributed by atoms with Crippen LogP contribution in [0.2, 0.25) is 0 Å². The number of benzene rings is 3. The van der Waals surface area contributed by atoms with Crippen molar-refractivity contribution < 1.29 is 57.4 Å². The van der Waals surface area contributed by atoms with Crippen LogP contribution in [0.15, 0.2) is 96.1 Å². The highest BCUT2D eigenvalue weighted by Crippen LogP contribution is 2.37. The molecule has 15 heteroatoms. The van der Waals surface area contributed by atoms with Crippen LogP contribution in [-0.2, 0) is 60.7 Å². The van der Waals surface area contributed by atoms with Gasteiger partial charge in [-0.3, -0.25) is 4.79 Å². The van der Waals surface area contributed by atoms with Crippen LogP contribution in [0.4, 0.5) is 0 Å². The van der Waals surface area contributed by atoms with Crippen molar-refractivity contribution in [3.05, 3.63) is 118 Å².